The molecule has 3 aromatic carbocycles. The molecule has 7 N–H and O–H groups in total. The van der Waals surface area contributed by atoms with Gasteiger partial charge in [-0.05, 0) is 72.9 Å². The minimum Gasteiger partial charge on any atom is -0.396 e. The SMILES string of the molecule is N=C(c1cccc(NC(=O)Nc2ccc(S(=O)(=O)NCc3ccc(S(N)(=O)=O)cc3)cc2)c1)N1CCC(CO)CC1. The van der Waals surface area contributed by atoms with Gasteiger partial charge in [0, 0.05) is 43.2 Å². The van der Waals surface area contributed by atoms with Crippen LogP contribution in [0.5, 0.6) is 0 Å². The highest BCUT2D eigenvalue weighted by Gasteiger charge is 2.21. The van der Waals surface area contributed by atoms with Crippen LogP contribution < -0.4 is 20.5 Å². The first-order chi connectivity index (χ1) is 19.4. The second-order valence-electron chi connectivity index (χ2n) is 9.66. The number of primary sulfonamides is 1. The maximum Gasteiger partial charge on any atom is 0.323 e. The second-order valence-corrected chi connectivity index (χ2v) is 13.0. The van der Waals surface area contributed by atoms with Crippen LogP contribution in [-0.2, 0) is 26.6 Å². The summed E-state index contributed by atoms with van der Waals surface area (Å²) in [6, 6.07) is 17.6. The van der Waals surface area contributed by atoms with Gasteiger partial charge in [0.05, 0.1) is 9.79 Å². The Kier molecular flexibility index (Phi) is 9.40. The van der Waals surface area contributed by atoms with Crippen LogP contribution >= 0.6 is 0 Å². The summed E-state index contributed by atoms with van der Waals surface area (Å²) in [5, 5.41) is 28.3. The average Bonchev–Trinajstić information content (AvgIpc) is 2.96. The number of nitrogens with zero attached hydrogens (tertiary/aromatic N) is 1. The number of aliphatic hydroxyl groups excluding tert-OH is 1. The molecule has 0 unspecified atom stereocenters. The molecule has 0 saturated carbocycles. The fourth-order valence-electron chi connectivity index (χ4n) is 4.34. The minimum absolute atomic E-state index is 0.0150. The Bertz CT molecular complexity index is 1600. The molecule has 14 heteroatoms. The van der Waals surface area contributed by atoms with Gasteiger partial charge < -0.3 is 20.6 Å². The Morgan fingerprint density at radius 3 is 2.12 bits per heavy atom. The number of hydrogen-bond acceptors (Lipinski definition) is 7. The zero-order valence-corrected chi connectivity index (χ0v) is 23.7. The quantitative estimate of drug-likeness (QED) is 0.160. The summed E-state index contributed by atoms with van der Waals surface area (Å²) in [6.45, 7) is 1.48. The van der Waals surface area contributed by atoms with Crippen LogP contribution in [0, 0.1) is 11.3 Å². The van der Waals surface area contributed by atoms with Crippen molar-refractivity contribution in [2.45, 2.75) is 29.2 Å². The van der Waals surface area contributed by atoms with Crippen molar-refractivity contribution in [3.8, 4) is 0 Å². The van der Waals surface area contributed by atoms with E-state index in [-0.39, 0.29) is 28.9 Å². The number of carbonyl (C=O) groups excluding carboxylic acids is 1. The number of amides is 2. The Hall–Kier alpha value is -3.82. The molecule has 0 atom stereocenters. The largest absolute Gasteiger partial charge is 0.396 e. The molecule has 1 aliphatic rings. The van der Waals surface area contributed by atoms with Crippen LogP contribution in [0.15, 0.2) is 82.6 Å². The molecule has 4 rings (SSSR count). The summed E-state index contributed by atoms with van der Waals surface area (Å²) < 4.78 is 50.5. The Morgan fingerprint density at radius 1 is 0.902 bits per heavy atom. The van der Waals surface area contributed by atoms with E-state index in [9.17, 15) is 26.7 Å². The minimum atomic E-state index is -3.88. The number of piperidine rings is 1. The molecule has 0 spiro atoms. The van der Waals surface area contributed by atoms with Crippen molar-refractivity contribution in [1.82, 2.24) is 9.62 Å². The first-order valence-electron chi connectivity index (χ1n) is 12.8. The van der Waals surface area contributed by atoms with Crippen LogP contribution in [0.4, 0.5) is 16.2 Å². The van der Waals surface area contributed by atoms with Crippen molar-refractivity contribution in [2.75, 3.05) is 30.3 Å². The van der Waals surface area contributed by atoms with Crippen LogP contribution in [0.2, 0.25) is 0 Å². The molecule has 1 heterocycles. The Labute approximate surface area is 239 Å². The van der Waals surface area contributed by atoms with Crippen molar-refractivity contribution in [1.29, 1.82) is 5.41 Å². The van der Waals surface area contributed by atoms with E-state index in [1.165, 1.54) is 48.5 Å². The molecule has 2 amide bonds. The lowest BCUT2D eigenvalue weighted by Gasteiger charge is -2.33. The number of nitrogens with two attached hydrogens (primary N) is 1. The number of amidine groups is 1. The number of urea groups is 1. The summed E-state index contributed by atoms with van der Waals surface area (Å²) in [6.07, 6.45) is 1.65. The number of benzene rings is 3. The van der Waals surface area contributed by atoms with Gasteiger partial charge in [-0.2, -0.15) is 0 Å². The van der Waals surface area contributed by atoms with Gasteiger partial charge in [-0.1, -0.05) is 24.3 Å². The highest BCUT2D eigenvalue weighted by Crippen LogP contribution is 2.21. The lowest BCUT2D eigenvalue weighted by Crippen LogP contribution is -2.39. The predicted molar refractivity (Wildman–Crippen MR) is 156 cm³/mol. The highest BCUT2D eigenvalue weighted by molar-refractivity contribution is 7.89. The van der Waals surface area contributed by atoms with Crippen LogP contribution in [0.1, 0.15) is 24.0 Å². The van der Waals surface area contributed by atoms with Gasteiger partial charge in [0.1, 0.15) is 5.84 Å². The van der Waals surface area contributed by atoms with E-state index in [1.807, 2.05) is 4.90 Å². The fourth-order valence-corrected chi connectivity index (χ4v) is 5.87. The summed E-state index contributed by atoms with van der Waals surface area (Å²) in [7, 11) is -7.71. The normalized spacial score (nSPS) is 14.4. The number of anilines is 2. The second kappa shape index (κ2) is 12.8. The van der Waals surface area contributed by atoms with Gasteiger partial charge in [-0.15, -0.1) is 0 Å². The third-order valence-electron chi connectivity index (χ3n) is 6.72. The van der Waals surface area contributed by atoms with E-state index >= 15 is 0 Å². The standard InChI is InChI=1S/C27H32N6O6S2/c28-26(33-14-12-20(18-34)13-15-33)21-2-1-3-23(16-21)32-27(35)31-22-6-10-25(11-7-22)41(38,39)30-17-19-4-8-24(9-5-19)40(29,36)37/h1-11,16,20,28,30,34H,12-15,17-18H2,(H2,29,36,37)(H2,31,32,35). The van der Waals surface area contributed by atoms with E-state index in [1.54, 1.807) is 24.3 Å². The molecular formula is C27H32N6O6S2. The summed E-state index contributed by atoms with van der Waals surface area (Å²) in [5.41, 5.74) is 2.07. The first-order valence-corrected chi connectivity index (χ1v) is 15.8. The van der Waals surface area contributed by atoms with Crippen molar-refractivity contribution >= 4 is 43.3 Å². The lowest BCUT2D eigenvalue weighted by molar-refractivity contribution is 0.166. The van der Waals surface area contributed by atoms with Gasteiger partial charge in [0.25, 0.3) is 0 Å². The lowest BCUT2D eigenvalue weighted by atomic mass is 9.97. The van der Waals surface area contributed by atoms with Gasteiger partial charge in [-0.25, -0.2) is 31.5 Å². The molecule has 0 aliphatic carbocycles. The number of carbonyl (C=O) groups is 1. The summed E-state index contributed by atoms with van der Waals surface area (Å²) in [5.74, 6) is 0.627. The molecule has 1 fully saturated rings. The van der Waals surface area contributed by atoms with Crippen molar-refractivity contribution in [3.63, 3.8) is 0 Å². The molecular weight excluding hydrogens is 568 g/mol. The molecule has 41 heavy (non-hydrogen) atoms. The fraction of sp³-hybridized carbons (Fsp3) is 0.259. The zero-order chi connectivity index (χ0) is 29.6. The number of aliphatic hydroxyl groups is 1. The Balaban J connectivity index is 1.31. The third-order valence-corrected chi connectivity index (χ3v) is 9.07. The molecule has 1 saturated heterocycles. The zero-order valence-electron chi connectivity index (χ0n) is 22.1. The molecule has 0 radical (unpaired) electrons. The van der Waals surface area contributed by atoms with Crippen LogP contribution in [0.25, 0.3) is 0 Å². The van der Waals surface area contributed by atoms with Crippen molar-refractivity contribution < 1.29 is 26.7 Å². The smallest absolute Gasteiger partial charge is 0.323 e. The van der Waals surface area contributed by atoms with E-state index < -0.39 is 26.1 Å². The molecule has 0 aromatic heterocycles. The monoisotopic (exact) mass is 600 g/mol. The maximum atomic E-state index is 12.7. The van der Waals surface area contributed by atoms with Crippen molar-refractivity contribution in [2.24, 2.45) is 11.1 Å². The molecule has 218 valence electrons. The van der Waals surface area contributed by atoms with Gasteiger partial charge in [-0.3, -0.25) is 5.41 Å². The van der Waals surface area contributed by atoms with Gasteiger partial charge in [0.15, 0.2) is 0 Å². The molecule has 1 aliphatic heterocycles. The summed E-state index contributed by atoms with van der Waals surface area (Å²) >= 11 is 0. The summed E-state index contributed by atoms with van der Waals surface area (Å²) in [4.78, 5) is 14.4. The molecule has 0 bridgehead atoms. The van der Waals surface area contributed by atoms with Crippen LogP contribution in [0.3, 0.4) is 0 Å². The number of sulfonamides is 2. The highest BCUT2D eigenvalue weighted by atomic mass is 32.2. The van der Waals surface area contributed by atoms with Crippen LogP contribution in [-0.4, -0.2) is 58.4 Å². The number of rotatable bonds is 9. The number of nitrogens with one attached hydrogen (secondary N) is 4. The Morgan fingerprint density at radius 2 is 1.51 bits per heavy atom. The van der Waals surface area contributed by atoms with Gasteiger partial charge in [0.2, 0.25) is 20.0 Å². The van der Waals surface area contributed by atoms with E-state index in [0.717, 1.165) is 12.8 Å². The third kappa shape index (κ3) is 8.11. The molecule has 3 aromatic rings. The van der Waals surface area contributed by atoms with Gasteiger partial charge >= 0.3 is 6.03 Å². The van der Waals surface area contributed by atoms with E-state index in [4.69, 9.17) is 10.5 Å². The molecule has 12 nitrogen and oxygen atoms in total. The van der Waals surface area contributed by atoms with E-state index in [0.29, 0.717) is 41.4 Å². The van der Waals surface area contributed by atoms with E-state index in [2.05, 4.69) is 15.4 Å². The topological polar surface area (TPSA) is 195 Å². The predicted octanol–water partition coefficient (Wildman–Crippen LogP) is 2.49. The first kappa shape index (κ1) is 30.1. The number of likely N-dealkylation sites (tertiary alicyclic amines) is 1. The average molecular weight is 601 g/mol. The van der Waals surface area contributed by atoms with Crippen molar-refractivity contribution in [3.05, 3.63) is 83.9 Å². The number of hydrogen-bond donors (Lipinski definition) is 6. The maximum absolute atomic E-state index is 12.7.